The molecular weight excluding hydrogens is 115 g/mol. The molecule has 0 bridgehead atoms. The van der Waals surface area contributed by atoms with Gasteiger partial charge in [-0.05, 0) is 26.2 Å². The van der Waals surface area contributed by atoms with Crippen molar-refractivity contribution in [3.8, 4) is 0 Å². The Morgan fingerprint density at radius 2 is 2.25 bits per heavy atom. The molecule has 1 atom stereocenters. The monoisotopic (exact) mass is 130 g/mol. The molecule has 0 amide bonds. The second-order valence-corrected chi connectivity index (χ2v) is 3.08. The maximum absolute atomic E-state index is 2.33. The Hall–Kier alpha value is 0.170. The molecule has 0 saturated carbocycles. The average molecular weight is 130 g/mol. The molecule has 0 aliphatic carbocycles. The molecule has 0 aliphatic rings. The van der Waals surface area contributed by atoms with Crippen molar-refractivity contribution in [2.75, 3.05) is 12.8 Å². The highest BCUT2D eigenvalue weighted by Gasteiger charge is 1.79. The molecule has 1 heteroatoms. The summed E-state index contributed by atoms with van der Waals surface area (Å²) in [5, 5.41) is 0. The van der Waals surface area contributed by atoms with E-state index in [2.05, 4.69) is 26.6 Å². The van der Waals surface area contributed by atoms with E-state index in [1.54, 1.807) is 0 Å². The molecule has 0 radical (unpaired) electrons. The molecule has 0 aromatic heterocycles. The Kier molecular flexibility index (Phi) is 5.42. The molecule has 0 heterocycles. The lowest BCUT2D eigenvalue weighted by atomic mass is 10.2. The van der Waals surface area contributed by atoms with Gasteiger partial charge in [0.15, 0.2) is 0 Å². The van der Waals surface area contributed by atoms with E-state index >= 15 is 0 Å². The third-order valence-corrected chi connectivity index (χ3v) is 1.82. The van der Waals surface area contributed by atoms with Crippen LogP contribution in [0.15, 0.2) is 11.6 Å². The van der Waals surface area contributed by atoms with Crippen LogP contribution in [0.3, 0.4) is 0 Å². The zero-order valence-electron chi connectivity index (χ0n) is 5.99. The van der Waals surface area contributed by atoms with Crippen LogP contribution >= 0.6 is 8.58 Å². The van der Waals surface area contributed by atoms with Crippen molar-refractivity contribution in [1.82, 2.24) is 0 Å². The standard InChI is InChI=1S/C7H15P/c1-4-7(2)5-6-8-3/h5,8H,4,6H2,1-3H3. The Morgan fingerprint density at radius 1 is 1.62 bits per heavy atom. The highest BCUT2D eigenvalue weighted by Crippen LogP contribution is 2.05. The molecule has 0 fully saturated rings. The number of rotatable bonds is 3. The zero-order chi connectivity index (χ0) is 6.41. The second-order valence-electron chi connectivity index (χ2n) is 1.96. The van der Waals surface area contributed by atoms with E-state index in [0.717, 1.165) is 8.58 Å². The van der Waals surface area contributed by atoms with Gasteiger partial charge >= 0.3 is 0 Å². The largest absolute Gasteiger partial charge is 0.121 e. The minimum atomic E-state index is 1.08. The van der Waals surface area contributed by atoms with E-state index in [-0.39, 0.29) is 0 Å². The van der Waals surface area contributed by atoms with Crippen molar-refractivity contribution >= 4 is 8.58 Å². The highest BCUT2D eigenvalue weighted by atomic mass is 31.1. The molecule has 0 aromatic carbocycles. The first-order chi connectivity index (χ1) is 3.81. The van der Waals surface area contributed by atoms with Crippen LogP contribution in [0, 0.1) is 0 Å². The van der Waals surface area contributed by atoms with Gasteiger partial charge in [0.2, 0.25) is 0 Å². The first-order valence-corrected chi connectivity index (χ1v) is 4.82. The molecular formula is C7H15P. The SMILES string of the molecule is CCC(C)=CCPC. The van der Waals surface area contributed by atoms with Gasteiger partial charge in [0.1, 0.15) is 0 Å². The van der Waals surface area contributed by atoms with Crippen molar-refractivity contribution in [3.63, 3.8) is 0 Å². The minimum absolute atomic E-state index is 1.08. The van der Waals surface area contributed by atoms with Crippen LogP contribution < -0.4 is 0 Å². The van der Waals surface area contributed by atoms with Crippen LogP contribution in [0.25, 0.3) is 0 Å². The van der Waals surface area contributed by atoms with Crippen molar-refractivity contribution in [1.29, 1.82) is 0 Å². The molecule has 0 saturated heterocycles. The van der Waals surface area contributed by atoms with Crippen LogP contribution in [-0.2, 0) is 0 Å². The smallest absolute Gasteiger partial charge is 0.0172 e. The maximum atomic E-state index is 2.33. The van der Waals surface area contributed by atoms with Gasteiger partial charge in [0, 0.05) is 0 Å². The third-order valence-electron chi connectivity index (χ3n) is 1.21. The Bertz CT molecular complexity index is 74.5. The van der Waals surface area contributed by atoms with Gasteiger partial charge in [-0.25, -0.2) is 0 Å². The Labute approximate surface area is 54.2 Å². The first-order valence-electron chi connectivity index (χ1n) is 3.11. The topological polar surface area (TPSA) is 0 Å². The van der Waals surface area contributed by atoms with Gasteiger partial charge in [-0.15, -0.1) is 8.58 Å². The lowest BCUT2D eigenvalue weighted by molar-refractivity contribution is 1.09. The van der Waals surface area contributed by atoms with Crippen molar-refractivity contribution in [2.24, 2.45) is 0 Å². The van der Waals surface area contributed by atoms with Crippen LogP contribution in [0.4, 0.5) is 0 Å². The maximum Gasteiger partial charge on any atom is -0.0172 e. The van der Waals surface area contributed by atoms with Gasteiger partial charge in [0.25, 0.3) is 0 Å². The van der Waals surface area contributed by atoms with Crippen molar-refractivity contribution in [2.45, 2.75) is 20.3 Å². The van der Waals surface area contributed by atoms with Crippen molar-refractivity contribution in [3.05, 3.63) is 11.6 Å². The molecule has 48 valence electrons. The van der Waals surface area contributed by atoms with Crippen LogP contribution in [-0.4, -0.2) is 12.8 Å². The molecule has 8 heavy (non-hydrogen) atoms. The summed E-state index contributed by atoms with van der Waals surface area (Å²) >= 11 is 0. The molecule has 0 spiro atoms. The lowest BCUT2D eigenvalue weighted by Crippen LogP contribution is -1.72. The summed E-state index contributed by atoms with van der Waals surface area (Å²) in [6, 6.07) is 0. The van der Waals surface area contributed by atoms with E-state index in [1.807, 2.05) is 0 Å². The summed E-state index contributed by atoms with van der Waals surface area (Å²) in [6.07, 6.45) is 4.82. The van der Waals surface area contributed by atoms with E-state index in [0.29, 0.717) is 0 Å². The summed E-state index contributed by atoms with van der Waals surface area (Å²) in [6.45, 7) is 6.63. The third kappa shape index (κ3) is 4.33. The number of hydrogen-bond acceptors (Lipinski definition) is 0. The molecule has 0 aliphatic heterocycles. The van der Waals surface area contributed by atoms with Gasteiger partial charge in [0.05, 0.1) is 0 Å². The summed E-state index contributed by atoms with van der Waals surface area (Å²) in [4.78, 5) is 0. The highest BCUT2D eigenvalue weighted by molar-refractivity contribution is 7.37. The summed E-state index contributed by atoms with van der Waals surface area (Å²) in [5.74, 6) is 0. The number of allylic oxidation sites excluding steroid dienone is 2. The fraction of sp³-hybridized carbons (Fsp3) is 0.714. The summed E-state index contributed by atoms with van der Waals surface area (Å²) in [7, 11) is 1.08. The van der Waals surface area contributed by atoms with Crippen LogP contribution in [0.2, 0.25) is 0 Å². The predicted octanol–water partition coefficient (Wildman–Crippen LogP) is 2.65. The van der Waals surface area contributed by atoms with Gasteiger partial charge in [-0.1, -0.05) is 18.6 Å². The average Bonchev–Trinajstić information content (AvgIpc) is 1.83. The lowest BCUT2D eigenvalue weighted by Gasteiger charge is -1.91. The van der Waals surface area contributed by atoms with Gasteiger partial charge in [-0.2, -0.15) is 0 Å². The van der Waals surface area contributed by atoms with Gasteiger partial charge < -0.3 is 0 Å². The molecule has 0 N–H and O–H groups in total. The quantitative estimate of drug-likeness (QED) is 0.407. The van der Waals surface area contributed by atoms with E-state index in [9.17, 15) is 0 Å². The fourth-order valence-electron chi connectivity index (χ4n) is 0.421. The fourth-order valence-corrected chi connectivity index (χ4v) is 0.973. The Morgan fingerprint density at radius 3 is 2.62 bits per heavy atom. The molecule has 0 aromatic rings. The molecule has 0 rings (SSSR count). The second kappa shape index (κ2) is 5.31. The predicted molar refractivity (Wildman–Crippen MR) is 43.2 cm³/mol. The minimum Gasteiger partial charge on any atom is -0.121 e. The molecule has 0 nitrogen and oxygen atoms in total. The van der Waals surface area contributed by atoms with E-state index in [4.69, 9.17) is 0 Å². The first kappa shape index (κ1) is 8.17. The van der Waals surface area contributed by atoms with Crippen molar-refractivity contribution < 1.29 is 0 Å². The molecule has 1 unspecified atom stereocenters. The number of hydrogen-bond donors (Lipinski definition) is 0. The Balaban J connectivity index is 3.26. The normalized spacial score (nSPS) is 13.6. The summed E-state index contributed by atoms with van der Waals surface area (Å²) in [5.41, 5.74) is 1.53. The van der Waals surface area contributed by atoms with E-state index < -0.39 is 0 Å². The van der Waals surface area contributed by atoms with Gasteiger partial charge in [-0.3, -0.25) is 0 Å². The van der Waals surface area contributed by atoms with Crippen LogP contribution in [0.5, 0.6) is 0 Å². The summed E-state index contributed by atoms with van der Waals surface area (Å²) < 4.78 is 0. The van der Waals surface area contributed by atoms with E-state index in [1.165, 1.54) is 18.2 Å². The van der Waals surface area contributed by atoms with Crippen LogP contribution in [0.1, 0.15) is 20.3 Å². The zero-order valence-corrected chi connectivity index (χ0v) is 6.99.